The molecule has 0 aliphatic rings. The summed E-state index contributed by atoms with van der Waals surface area (Å²) in [6.45, 7) is 7.59. The minimum atomic E-state index is 0.448. The summed E-state index contributed by atoms with van der Waals surface area (Å²) in [5.41, 5.74) is 3.81. The summed E-state index contributed by atoms with van der Waals surface area (Å²) in [4.78, 5) is 4.59. The van der Waals surface area contributed by atoms with Crippen molar-refractivity contribution in [3.05, 3.63) is 42.2 Å². The van der Waals surface area contributed by atoms with Gasteiger partial charge in [0.1, 0.15) is 0 Å². The van der Waals surface area contributed by atoms with Crippen LogP contribution in [0.15, 0.2) is 36.5 Å². The number of hydrogen-bond acceptors (Lipinski definition) is 1. The van der Waals surface area contributed by atoms with E-state index in [4.69, 9.17) is 0 Å². The summed E-state index contributed by atoms with van der Waals surface area (Å²) in [7, 11) is 0. The van der Waals surface area contributed by atoms with Gasteiger partial charge >= 0.3 is 0 Å². The highest BCUT2D eigenvalue weighted by molar-refractivity contribution is 6.08. The third kappa shape index (κ3) is 1.45. The molecule has 0 radical (unpaired) electrons. The Bertz CT molecular complexity index is 708. The van der Waals surface area contributed by atoms with Crippen LogP contribution in [0.25, 0.3) is 21.8 Å². The van der Waals surface area contributed by atoms with Crippen LogP contribution in [-0.4, -0.2) is 9.55 Å². The van der Waals surface area contributed by atoms with Gasteiger partial charge in [0, 0.05) is 29.0 Å². The van der Waals surface area contributed by atoms with E-state index in [9.17, 15) is 0 Å². The fourth-order valence-corrected chi connectivity index (χ4v) is 2.78. The van der Waals surface area contributed by atoms with Crippen LogP contribution in [0.3, 0.4) is 0 Å². The first-order chi connectivity index (χ1) is 8.74. The monoisotopic (exact) mass is 238 g/mol. The molecular formula is C16H18N2. The Morgan fingerprint density at radius 1 is 1.11 bits per heavy atom. The van der Waals surface area contributed by atoms with Crippen LogP contribution in [0.2, 0.25) is 0 Å². The molecule has 2 heteroatoms. The zero-order chi connectivity index (χ0) is 12.7. The van der Waals surface area contributed by atoms with E-state index < -0.39 is 0 Å². The molecular weight excluding hydrogens is 220 g/mol. The number of para-hydroxylation sites is 1. The standard InChI is InChI=1S/C16H18N2/c1-4-18-14-8-6-5-7-12(14)13-9-10-17-15(11(2)3)16(13)18/h5-11H,4H2,1-3H3. The Labute approximate surface area is 107 Å². The Morgan fingerprint density at radius 3 is 2.61 bits per heavy atom. The summed E-state index contributed by atoms with van der Waals surface area (Å²) < 4.78 is 2.38. The van der Waals surface area contributed by atoms with Crippen molar-refractivity contribution in [2.75, 3.05) is 0 Å². The van der Waals surface area contributed by atoms with E-state index in [2.05, 4.69) is 60.7 Å². The normalized spacial score (nSPS) is 11.8. The molecule has 0 unspecified atom stereocenters. The molecule has 0 saturated heterocycles. The van der Waals surface area contributed by atoms with Gasteiger partial charge in [0.2, 0.25) is 0 Å². The maximum Gasteiger partial charge on any atom is 0.0713 e. The van der Waals surface area contributed by atoms with Crippen molar-refractivity contribution in [3.8, 4) is 0 Å². The fraction of sp³-hybridized carbons (Fsp3) is 0.312. The second kappa shape index (κ2) is 4.13. The van der Waals surface area contributed by atoms with Crippen LogP contribution < -0.4 is 0 Å². The zero-order valence-electron chi connectivity index (χ0n) is 11.1. The lowest BCUT2D eigenvalue weighted by molar-refractivity contribution is 0.786. The number of pyridine rings is 1. The molecule has 0 atom stereocenters. The van der Waals surface area contributed by atoms with E-state index in [1.54, 1.807) is 0 Å². The van der Waals surface area contributed by atoms with E-state index in [1.807, 2.05) is 6.20 Å². The summed E-state index contributed by atoms with van der Waals surface area (Å²) in [5, 5.41) is 2.66. The quantitative estimate of drug-likeness (QED) is 0.649. The number of hydrogen-bond donors (Lipinski definition) is 0. The van der Waals surface area contributed by atoms with Crippen molar-refractivity contribution in [1.29, 1.82) is 0 Å². The van der Waals surface area contributed by atoms with E-state index in [1.165, 1.54) is 27.5 Å². The summed E-state index contributed by atoms with van der Waals surface area (Å²) in [5.74, 6) is 0.448. The highest BCUT2D eigenvalue weighted by Gasteiger charge is 2.14. The SMILES string of the molecule is CCn1c2ccccc2c2ccnc(C(C)C)c21. The van der Waals surface area contributed by atoms with Gasteiger partial charge < -0.3 is 4.57 Å². The number of rotatable bonds is 2. The van der Waals surface area contributed by atoms with Crippen molar-refractivity contribution in [2.45, 2.75) is 33.2 Å². The van der Waals surface area contributed by atoms with Crippen LogP contribution >= 0.6 is 0 Å². The number of aryl methyl sites for hydroxylation is 1. The molecule has 2 nitrogen and oxygen atoms in total. The molecule has 0 amide bonds. The molecule has 0 aliphatic carbocycles. The average Bonchev–Trinajstić information content (AvgIpc) is 2.72. The molecule has 1 aromatic carbocycles. The fourth-order valence-electron chi connectivity index (χ4n) is 2.78. The summed E-state index contributed by atoms with van der Waals surface area (Å²) >= 11 is 0. The van der Waals surface area contributed by atoms with Crippen molar-refractivity contribution in [3.63, 3.8) is 0 Å². The molecule has 2 aromatic heterocycles. The molecule has 0 fully saturated rings. The third-order valence-electron chi connectivity index (χ3n) is 3.57. The van der Waals surface area contributed by atoms with Crippen molar-refractivity contribution in [2.24, 2.45) is 0 Å². The highest BCUT2D eigenvalue weighted by Crippen LogP contribution is 2.32. The molecule has 0 aliphatic heterocycles. The Balaban J connectivity index is 2.56. The number of benzene rings is 1. The van der Waals surface area contributed by atoms with Gasteiger partial charge in [-0.1, -0.05) is 32.0 Å². The molecule has 2 heterocycles. The molecule has 0 bridgehead atoms. The van der Waals surface area contributed by atoms with E-state index in [0.717, 1.165) is 6.54 Å². The first kappa shape index (κ1) is 11.3. The Kier molecular flexibility index (Phi) is 2.58. The third-order valence-corrected chi connectivity index (χ3v) is 3.57. The molecule has 0 N–H and O–H groups in total. The second-order valence-electron chi connectivity index (χ2n) is 5.01. The molecule has 18 heavy (non-hydrogen) atoms. The number of fused-ring (bicyclic) bond motifs is 3. The minimum absolute atomic E-state index is 0.448. The van der Waals surface area contributed by atoms with E-state index in [-0.39, 0.29) is 0 Å². The van der Waals surface area contributed by atoms with Crippen LogP contribution in [0.1, 0.15) is 32.4 Å². The molecule has 0 saturated carbocycles. The predicted octanol–water partition coefficient (Wildman–Crippen LogP) is 4.33. The molecule has 0 spiro atoms. The van der Waals surface area contributed by atoms with Gasteiger partial charge in [0.15, 0.2) is 0 Å². The first-order valence-electron chi connectivity index (χ1n) is 6.60. The van der Waals surface area contributed by atoms with E-state index in [0.29, 0.717) is 5.92 Å². The van der Waals surface area contributed by atoms with Crippen LogP contribution in [-0.2, 0) is 6.54 Å². The lowest BCUT2D eigenvalue weighted by Crippen LogP contribution is -2.00. The van der Waals surface area contributed by atoms with Gasteiger partial charge in [-0.15, -0.1) is 0 Å². The molecule has 3 rings (SSSR count). The Morgan fingerprint density at radius 2 is 1.89 bits per heavy atom. The van der Waals surface area contributed by atoms with Crippen LogP contribution in [0, 0.1) is 0 Å². The highest BCUT2D eigenvalue weighted by atomic mass is 15.0. The largest absolute Gasteiger partial charge is 0.339 e. The summed E-state index contributed by atoms with van der Waals surface area (Å²) in [6, 6.07) is 10.7. The molecule has 92 valence electrons. The van der Waals surface area contributed by atoms with Crippen LogP contribution in [0.4, 0.5) is 0 Å². The zero-order valence-corrected chi connectivity index (χ0v) is 11.1. The number of nitrogens with zero attached hydrogens (tertiary/aromatic N) is 2. The lowest BCUT2D eigenvalue weighted by Gasteiger charge is -2.10. The van der Waals surface area contributed by atoms with Gasteiger partial charge in [-0.3, -0.25) is 4.98 Å². The van der Waals surface area contributed by atoms with Crippen molar-refractivity contribution in [1.82, 2.24) is 9.55 Å². The predicted molar refractivity (Wildman–Crippen MR) is 77.0 cm³/mol. The lowest BCUT2D eigenvalue weighted by atomic mass is 10.1. The second-order valence-corrected chi connectivity index (χ2v) is 5.01. The van der Waals surface area contributed by atoms with Crippen molar-refractivity contribution >= 4 is 21.8 Å². The molecule has 3 aromatic rings. The topological polar surface area (TPSA) is 17.8 Å². The van der Waals surface area contributed by atoms with Gasteiger partial charge in [-0.05, 0) is 25.0 Å². The van der Waals surface area contributed by atoms with Crippen LogP contribution in [0.5, 0.6) is 0 Å². The maximum absolute atomic E-state index is 4.59. The van der Waals surface area contributed by atoms with Crippen molar-refractivity contribution < 1.29 is 0 Å². The first-order valence-corrected chi connectivity index (χ1v) is 6.60. The van der Waals surface area contributed by atoms with E-state index >= 15 is 0 Å². The smallest absolute Gasteiger partial charge is 0.0713 e. The average molecular weight is 238 g/mol. The number of aromatic nitrogens is 2. The van der Waals surface area contributed by atoms with Gasteiger partial charge in [0.05, 0.1) is 11.2 Å². The summed E-state index contributed by atoms with van der Waals surface area (Å²) in [6.07, 6.45) is 1.93. The van der Waals surface area contributed by atoms with Gasteiger partial charge in [-0.25, -0.2) is 0 Å². The minimum Gasteiger partial charge on any atom is -0.339 e. The maximum atomic E-state index is 4.59. The Hall–Kier alpha value is -1.83. The van der Waals surface area contributed by atoms with Gasteiger partial charge in [0.25, 0.3) is 0 Å². The van der Waals surface area contributed by atoms with Gasteiger partial charge in [-0.2, -0.15) is 0 Å².